The van der Waals surface area contributed by atoms with Crippen molar-refractivity contribution >= 4 is 0 Å². The second kappa shape index (κ2) is 6.52. The molecule has 88 valence electrons. The van der Waals surface area contributed by atoms with Gasteiger partial charge in [0.2, 0.25) is 0 Å². The van der Waals surface area contributed by atoms with Gasteiger partial charge in [0.15, 0.2) is 0 Å². The maximum atomic E-state index is 3.90. The summed E-state index contributed by atoms with van der Waals surface area (Å²) < 4.78 is 0. The molecule has 0 unspecified atom stereocenters. The lowest BCUT2D eigenvalue weighted by atomic mass is 9.77. The number of benzene rings is 1. The molecule has 0 N–H and O–H groups in total. The molecule has 0 bridgehead atoms. The predicted octanol–water partition coefficient (Wildman–Crippen LogP) is 5.00. The van der Waals surface area contributed by atoms with Gasteiger partial charge in [-0.1, -0.05) is 63.1 Å². The summed E-state index contributed by atoms with van der Waals surface area (Å²) in [7, 11) is 0. The molecule has 1 rings (SSSR count). The molecule has 0 amide bonds. The molecule has 0 heterocycles. The summed E-state index contributed by atoms with van der Waals surface area (Å²) in [5.41, 5.74) is 1.84. The van der Waals surface area contributed by atoms with Crippen molar-refractivity contribution in [2.45, 2.75) is 46.0 Å². The second-order valence-corrected chi connectivity index (χ2v) is 5.07. The molecule has 0 saturated carbocycles. The van der Waals surface area contributed by atoms with Crippen molar-refractivity contribution in [1.82, 2.24) is 0 Å². The van der Waals surface area contributed by atoms with Gasteiger partial charge in [-0.2, -0.15) is 0 Å². The summed E-state index contributed by atoms with van der Waals surface area (Å²) in [6.45, 7) is 8.54. The quantitative estimate of drug-likeness (QED) is 0.562. The van der Waals surface area contributed by atoms with Crippen molar-refractivity contribution in [2.24, 2.45) is 5.41 Å². The molecule has 0 nitrogen and oxygen atoms in total. The Balaban J connectivity index is 2.66. The zero-order valence-electron chi connectivity index (χ0n) is 10.7. The van der Waals surface area contributed by atoms with Crippen LogP contribution in [0.1, 0.15) is 45.1 Å². The highest BCUT2D eigenvalue weighted by molar-refractivity contribution is 5.16. The fourth-order valence-electron chi connectivity index (χ4n) is 2.30. The van der Waals surface area contributed by atoms with Crippen LogP contribution < -0.4 is 0 Å². The van der Waals surface area contributed by atoms with Gasteiger partial charge >= 0.3 is 0 Å². The van der Waals surface area contributed by atoms with Crippen molar-refractivity contribution in [2.75, 3.05) is 0 Å². The zero-order chi connectivity index (χ0) is 11.9. The monoisotopic (exact) mass is 216 g/mol. The first-order chi connectivity index (χ1) is 7.70. The summed E-state index contributed by atoms with van der Waals surface area (Å²) >= 11 is 0. The smallest absolute Gasteiger partial charge is 0.0222 e. The predicted molar refractivity (Wildman–Crippen MR) is 72.6 cm³/mol. The first-order valence-electron chi connectivity index (χ1n) is 6.35. The highest BCUT2D eigenvalue weighted by Crippen LogP contribution is 2.32. The fourth-order valence-corrected chi connectivity index (χ4v) is 2.30. The van der Waals surface area contributed by atoms with E-state index in [0.29, 0.717) is 5.41 Å². The lowest BCUT2D eigenvalue weighted by molar-refractivity contribution is 0.288. The fraction of sp³-hybridized carbons (Fsp3) is 0.500. The third kappa shape index (κ3) is 4.22. The Morgan fingerprint density at radius 3 is 2.50 bits per heavy atom. The van der Waals surface area contributed by atoms with E-state index in [0.717, 1.165) is 6.42 Å². The SMILES string of the molecule is C=CC[C@](C)(CCCC)Cc1ccccc1. The van der Waals surface area contributed by atoms with E-state index in [1.54, 1.807) is 0 Å². The minimum atomic E-state index is 0.388. The summed E-state index contributed by atoms with van der Waals surface area (Å²) in [5, 5.41) is 0. The van der Waals surface area contributed by atoms with Gasteiger partial charge in [-0.25, -0.2) is 0 Å². The van der Waals surface area contributed by atoms with Gasteiger partial charge < -0.3 is 0 Å². The number of hydrogen-bond donors (Lipinski definition) is 0. The van der Waals surface area contributed by atoms with E-state index in [2.05, 4.69) is 56.8 Å². The van der Waals surface area contributed by atoms with Crippen molar-refractivity contribution in [3.05, 3.63) is 48.6 Å². The van der Waals surface area contributed by atoms with Crippen LogP contribution in [0.4, 0.5) is 0 Å². The molecule has 0 radical (unpaired) electrons. The molecule has 0 fully saturated rings. The van der Waals surface area contributed by atoms with Crippen LogP contribution in [0.3, 0.4) is 0 Å². The van der Waals surface area contributed by atoms with Crippen LogP contribution in [0, 0.1) is 5.41 Å². The molecule has 1 atom stereocenters. The van der Waals surface area contributed by atoms with Crippen LogP contribution in [0.2, 0.25) is 0 Å². The van der Waals surface area contributed by atoms with Crippen molar-refractivity contribution < 1.29 is 0 Å². The third-order valence-corrected chi connectivity index (χ3v) is 3.24. The van der Waals surface area contributed by atoms with E-state index >= 15 is 0 Å². The van der Waals surface area contributed by atoms with Gasteiger partial charge in [-0.15, -0.1) is 6.58 Å². The molecule has 0 aliphatic carbocycles. The lowest BCUT2D eigenvalue weighted by Gasteiger charge is -2.28. The average molecular weight is 216 g/mol. The van der Waals surface area contributed by atoms with E-state index < -0.39 is 0 Å². The Morgan fingerprint density at radius 2 is 1.94 bits per heavy atom. The molecule has 0 aromatic heterocycles. The molecular formula is C16H24. The molecule has 16 heavy (non-hydrogen) atoms. The number of rotatable bonds is 7. The van der Waals surface area contributed by atoms with Crippen LogP contribution >= 0.6 is 0 Å². The summed E-state index contributed by atoms with van der Waals surface area (Å²) in [4.78, 5) is 0. The van der Waals surface area contributed by atoms with Gasteiger partial charge in [0.1, 0.15) is 0 Å². The zero-order valence-corrected chi connectivity index (χ0v) is 10.7. The van der Waals surface area contributed by atoms with E-state index in [-0.39, 0.29) is 0 Å². The van der Waals surface area contributed by atoms with Crippen LogP contribution in [0.15, 0.2) is 43.0 Å². The largest absolute Gasteiger partial charge is 0.103 e. The van der Waals surface area contributed by atoms with Gasteiger partial charge in [0, 0.05) is 0 Å². The molecule has 0 aliphatic heterocycles. The molecule has 0 saturated heterocycles. The van der Waals surface area contributed by atoms with E-state index in [4.69, 9.17) is 0 Å². The first kappa shape index (κ1) is 13.0. The summed E-state index contributed by atoms with van der Waals surface area (Å²) in [6.07, 6.45) is 8.24. The molecule has 0 heteroatoms. The van der Waals surface area contributed by atoms with Crippen LogP contribution in [0.5, 0.6) is 0 Å². The molecular weight excluding hydrogens is 192 g/mol. The van der Waals surface area contributed by atoms with Crippen LogP contribution in [-0.4, -0.2) is 0 Å². The number of unbranched alkanes of at least 4 members (excludes halogenated alkanes) is 1. The average Bonchev–Trinajstić information content (AvgIpc) is 2.28. The Labute approximate surface area is 100 Å². The Hall–Kier alpha value is -1.04. The van der Waals surface area contributed by atoms with Gasteiger partial charge in [0.05, 0.1) is 0 Å². The maximum Gasteiger partial charge on any atom is -0.0222 e. The van der Waals surface area contributed by atoms with E-state index in [9.17, 15) is 0 Å². The normalized spacial score (nSPS) is 14.4. The highest BCUT2D eigenvalue weighted by atomic mass is 14.3. The van der Waals surface area contributed by atoms with Crippen molar-refractivity contribution in [3.8, 4) is 0 Å². The molecule has 1 aromatic rings. The topological polar surface area (TPSA) is 0 Å². The third-order valence-electron chi connectivity index (χ3n) is 3.24. The van der Waals surface area contributed by atoms with Crippen molar-refractivity contribution in [1.29, 1.82) is 0 Å². The molecule has 0 aliphatic rings. The summed E-state index contributed by atoms with van der Waals surface area (Å²) in [5.74, 6) is 0. The Morgan fingerprint density at radius 1 is 1.25 bits per heavy atom. The second-order valence-electron chi connectivity index (χ2n) is 5.07. The van der Waals surface area contributed by atoms with Gasteiger partial charge in [-0.05, 0) is 30.2 Å². The van der Waals surface area contributed by atoms with Crippen molar-refractivity contribution in [3.63, 3.8) is 0 Å². The Kier molecular flexibility index (Phi) is 5.31. The van der Waals surface area contributed by atoms with E-state index in [1.165, 1.54) is 31.2 Å². The van der Waals surface area contributed by atoms with Gasteiger partial charge in [0.25, 0.3) is 0 Å². The Bertz CT molecular complexity index is 299. The number of hydrogen-bond acceptors (Lipinski definition) is 0. The minimum Gasteiger partial charge on any atom is -0.103 e. The first-order valence-corrected chi connectivity index (χ1v) is 6.35. The lowest BCUT2D eigenvalue weighted by Crippen LogP contribution is -2.18. The number of allylic oxidation sites excluding steroid dienone is 1. The molecule has 1 aromatic carbocycles. The van der Waals surface area contributed by atoms with Gasteiger partial charge in [-0.3, -0.25) is 0 Å². The highest BCUT2D eigenvalue weighted by Gasteiger charge is 2.22. The standard InChI is InChI=1S/C16H24/c1-4-6-13-16(3,12-5-2)14-15-10-8-7-9-11-15/h5,7-11H,2,4,6,12-14H2,1,3H3/t16-/m1/s1. The van der Waals surface area contributed by atoms with E-state index in [1.807, 2.05) is 0 Å². The van der Waals surface area contributed by atoms with Crippen LogP contribution in [0.25, 0.3) is 0 Å². The molecule has 0 spiro atoms. The minimum absolute atomic E-state index is 0.388. The van der Waals surface area contributed by atoms with Crippen LogP contribution in [-0.2, 0) is 6.42 Å². The maximum absolute atomic E-state index is 3.90. The summed E-state index contributed by atoms with van der Waals surface area (Å²) in [6, 6.07) is 10.8.